The molecule has 0 saturated heterocycles. The number of thiol groups is 1. The van der Waals surface area contributed by atoms with Gasteiger partial charge in [-0.25, -0.2) is 0 Å². The van der Waals surface area contributed by atoms with E-state index in [1.807, 2.05) is 0 Å². The zero-order chi connectivity index (χ0) is 13.5. The lowest BCUT2D eigenvalue weighted by atomic mass is 10.0. The highest BCUT2D eigenvalue weighted by atomic mass is 32.1. The van der Waals surface area contributed by atoms with Gasteiger partial charge in [-0.05, 0) is 49.8 Å². The third kappa shape index (κ3) is 3.56. The van der Waals surface area contributed by atoms with Gasteiger partial charge in [0, 0.05) is 12.1 Å². The normalized spacial score (nSPS) is 10.5. The van der Waals surface area contributed by atoms with Crippen LogP contribution >= 0.6 is 12.6 Å². The lowest BCUT2D eigenvalue weighted by Gasteiger charge is -2.17. The van der Waals surface area contributed by atoms with Crippen LogP contribution in [-0.4, -0.2) is 26.5 Å². The Kier molecular flexibility index (Phi) is 6.36. The third-order valence-corrected chi connectivity index (χ3v) is 3.44. The number of hydrogen-bond acceptors (Lipinski definition) is 4. The summed E-state index contributed by atoms with van der Waals surface area (Å²) in [6.07, 6.45) is 1.06. The summed E-state index contributed by atoms with van der Waals surface area (Å²) in [6.45, 7) is 5.86. The second-order valence-corrected chi connectivity index (χ2v) is 4.72. The molecule has 18 heavy (non-hydrogen) atoms. The lowest BCUT2D eigenvalue weighted by molar-refractivity contribution is 0.392. The fraction of sp³-hybridized carbons (Fsp3) is 0.571. The van der Waals surface area contributed by atoms with Crippen molar-refractivity contribution < 1.29 is 9.47 Å². The molecule has 0 heterocycles. The van der Waals surface area contributed by atoms with E-state index in [1.54, 1.807) is 14.2 Å². The molecule has 0 amide bonds. The average molecular weight is 269 g/mol. The Morgan fingerprint density at radius 3 is 2.44 bits per heavy atom. The first-order valence-electron chi connectivity index (χ1n) is 6.18. The molecular weight excluding hydrogens is 246 g/mol. The summed E-state index contributed by atoms with van der Waals surface area (Å²) in [6, 6.07) is 2.05. The Labute approximate surface area is 115 Å². The molecule has 0 aliphatic heterocycles. The van der Waals surface area contributed by atoms with E-state index < -0.39 is 0 Å². The molecule has 0 saturated carbocycles. The first-order chi connectivity index (χ1) is 8.65. The van der Waals surface area contributed by atoms with Crippen LogP contribution in [0.25, 0.3) is 0 Å². The number of nitrogens with one attached hydrogen (secondary N) is 1. The molecule has 1 rings (SSSR count). The number of benzene rings is 1. The smallest absolute Gasteiger partial charge is 0.126 e. The summed E-state index contributed by atoms with van der Waals surface area (Å²) in [4.78, 5) is 0. The highest BCUT2D eigenvalue weighted by Gasteiger charge is 2.13. The topological polar surface area (TPSA) is 30.5 Å². The van der Waals surface area contributed by atoms with E-state index in [2.05, 4.69) is 37.9 Å². The average Bonchev–Trinajstić information content (AvgIpc) is 2.38. The maximum absolute atomic E-state index is 5.50. The van der Waals surface area contributed by atoms with E-state index in [1.165, 1.54) is 0 Å². The minimum atomic E-state index is 0.786. The van der Waals surface area contributed by atoms with E-state index in [0.29, 0.717) is 0 Å². The molecule has 0 bridgehead atoms. The molecule has 0 atom stereocenters. The molecular formula is C14H23NO2S. The maximum Gasteiger partial charge on any atom is 0.126 e. The lowest BCUT2D eigenvalue weighted by Crippen LogP contribution is -2.16. The van der Waals surface area contributed by atoms with E-state index in [4.69, 9.17) is 9.47 Å². The minimum Gasteiger partial charge on any atom is -0.496 e. The van der Waals surface area contributed by atoms with Crippen LogP contribution in [0.1, 0.15) is 23.1 Å². The van der Waals surface area contributed by atoms with E-state index >= 15 is 0 Å². The van der Waals surface area contributed by atoms with Gasteiger partial charge in [-0.3, -0.25) is 0 Å². The van der Waals surface area contributed by atoms with Crippen molar-refractivity contribution in [1.29, 1.82) is 0 Å². The summed E-state index contributed by atoms with van der Waals surface area (Å²) < 4.78 is 10.9. The second kappa shape index (κ2) is 7.54. The first-order valence-corrected chi connectivity index (χ1v) is 6.81. The van der Waals surface area contributed by atoms with Crippen molar-refractivity contribution in [3.8, 4) is 11.5 Å². The number of methoxy groups -OCH3 is 2. The molecule has 3 nitrogen and oxygen atoms in total. The quantitative estimate of drug-likeness (QED) is 0.589. The summed E-state index contributed by atoms with van der Waals surface area (Å²) in [5, 5.41) is 3.39. The van der Waals surface area contributed by atoms with Gasteiger partial charge in [-0.2, -0.15) is 12.6 Å². The SMILES string of the molecule is COc1cc(CNCCCS)c(OC)c(C)c1C. The van der Waals surface area contributed by atoms with Gasteiger partial charge in [0.15, 0.2) is 0 Å². The van der Waals surface area contributed by atoms with Crippen molar-refractivity contribution in [2.24, 2.45) is 0 Å². The highest BCUT2D eigenvalue weighted by Crippen LogP contribution is 2.33. The fourth-order valence-corrected chi connectivity index (χ4v) is 2.14. The summed E-state index contributed by atoms with van der Waals surface area (Å²) in [7, 11) is 3.41. The van der Waals surface area contributed by atoms with Crippen molar-refractivity contribution >= 4 is 12.6 Å². The molecule has 0 aromatic heterocycles. The van der Waals surface area contributed by atoms with Crippen LogP contribution in [0.3, 0.4) is 0 Å². The van der Waals surface area contributed by atoms with E-state index in [0.717, 1.165) is 53.5 Å². The van der Waals surface area contributed by atoms with Gasteiger partial charge < -0.3 is 14.8 Å². The van der Waals surface area contributed by atoms with Crippen molar-refractivity contribution in [2.75, 3.05) is 26.5 Å². The zero-order valence-electron chi connectivity index (χ0n) is 11.7. The largest absolute Gasteiger partial charge is 0.496 e. The molecule has 0 fully saturated rings. The van der Waals surface area contributed by atoms with Crippen LogP contribution in [0.4, 0.5) is 0 Å². The predicted molar refractivity (Wildman–Crippen MR) is 79.2 cm³/mol. The molecule has 4 heteroatoms. The zero-order valence-corrected chi connectivity index (χ0v) is 12.6. The van der Waals surface area contributed by atoms with Crippen LogP contribution in [-0.2, 0) is 6.54 Å². The maximum atomic E-state index is 5.50. The monoisotopic (exact) mass is 269 g/mol. The van der Waals surface area contributed by atoms with Gasteiger partial charge in [0.1, 0.15) is 11.5 Å². The molecule has 102 valence electrons. The molecule has 0 spiro atoms. The van der Waals surface area contributed by atoms with Crippen molar-refractivity contribution in [3.63, 3.8) is 0 Å². The predicted octanol–water partition coefficient (Wildman–Crippen LogP) is 2.73. The molecule has 0 unspecified atom stereocenters. The molecule has 0 aliphatic rings. The minimum absolute atomic E-state index is 0.786. The Morgan fingerprint density at radius 2 is 1.89 bits per heavy atom. The molecule has 1 N–H and O–H groups in total. The fourth-order valence-electron chi connectivity index (χ4n) is 1.98. The Hall–Kier alpha value is -0.870. The van der Waals surface area contributed by atoms with Crippen molar-refractivity contribution in [2.45, 2.75) is 26.8 Å². The molecule has 1 aromatic rings. The number of ether oxygens (including phenoxy) is 2. The van der Waals surface area contributed by atoms with Gasteiger partial charge in [0.25, 0.3) is 0 Å². The highest BCUT2D eigenvalue weighted by molar-refractivity contribution is 7.80. The summed E-state index contributed by atoms with van der Waals surface area (Å²) in [5.74, 6) is 2.77. The molecule has 0 aliphatic carbocycles. The molecule has 0 radical (unpaired) electrons. The summed E-state index contributed by atoms with van der Waals surface area (Å²) in [5.41, 5.74) is 3.41. The van der Waals surface area contributed by atoms with Crippen LogP contribution < -0.4 is 14.8 Å². The second-order valence-electron chi connectivity index (χ2n) is 4.28. The van der Waals surface area contributed by atoms with Crippen LogP contribution in [0.15, 0.2) is 6.07 Å². The van der Waals surface area contributed by atoms with Gasteiger partial charge in [-0.15, -0.1) is 0 Å². The standard InChI is InChI=1S/C14H23NO2S/c1-10-11(2)14(17-4)12(8-13(10)16-3)9-15-6-5-7-18/h8,15,18H,5-7,9H2,1-4H3. The van der Waals surface area contributed by atoms with Crippen molar-refractivity contribution in [1.82, 2.24) is 5.32 Å². The van der Waals surface area contributed by atoms with Crippen LogP contribution in [0.2, 0.25) is 0 Å². The van der Waals surface area contributed by atoms with Crippen LogP contribution in [0.5, 0.6) is 11.5 Å². The number of rotatable bonds is 7. The summed E-state index contributed by atoms with van der Waals surface area (Å²) >= 11 is 4.20. The third-order valence-electron chi connectivity index (χ3n) is 3.12. The Morgan fingerprint density at radius 1 is 1.17 bits per heavy atom. The van der Waals surface area contributed by atoms with Crippen LogP contribution in [0, 0.1) is 13.8 Å². The Bertz CT molecular complexity index is 394. The molecule has 1 aromatic carbocycles. The Balaban J connectivity index is 2.91. The van der Waals surface area contributed by atoms with E-state index in [9.17, 15) is 0 Å². The van der Waals surface area contributed by atoms with Gasteiger partial charge in [0.2, 0.25) is 0 Å². The first kappa shape index (κ1) is 15.2. The van der Waals surface area contributed by atoms with Crippen molar-refractivity contribution in [3.05, 3.63) is 22.8 Å². The van der Waals surface area contributed by atoms with Gasteiger partial charge >= 0.3 is 0 Å². The number of hydrogen-bond donors (Lipinski definition) is 2. The van der Waals surface area contributed by atoms with Gasteiger partial charge in [0.05, 0.1) is 14.2 Å². The van der Waals surface area contributed by atoms with Gasteiger partial charge in [-0.1, -0.05) is 0 Å². The van der Waals surface area contributed by atoms with E-state index in [-0.39, 0.29) is 0 Å².